The first-order valence-corrected chi connectivity index (χ1v) is 2.27. The fraction of sp³-hybridized carbons (Fsp3) is 1.00. The molecule has 0 saturated heterocycles. The summed E-state index contributed by atoms with van der Waals surface area (Å²) in [5.74, 6) is 0. The van der Waals surface area contributed by atoms with Crippen LogP contribution in [0.3, 0.4) is 0 Å². The third-order valence-corrected chi connectivity index (χ3v) is 0. The van der Waals surface area contributed by atoms with E-state index in [1.54, 1.807) is 0 Å². The molecule has 40 valence electrons. The lowest BCUT2D eigenvalue weighted by molar-refractivity contribution is 0.368. The molecule has 6 heavy (non-hydrogen) atoms. The Bertz CT molecular complexity index is 23.0. The first-order chi connectivity index (χ1) is 2.00. The largest absolute Gasteiger partial charge is 0.844 e. The van der Waals surface area contributed by atoms with Crippen molar-refractivity contribution < 1.29 is 16.4 Å². The zero-order valence-corrected chi connectivity index (χ0v) is 3.01. The lowest BCUT2D eigenvalue weighted by Crippen LogP contribution is -2.02. The molecule has 0 spiro atoms. The van der Waals surface area contributed by atoms with Gasteiger partial charge in [-0.2, -0.15) is 0 Å². The lowest BCUT2D eigenvalue weighted by Gasteiger charge is -1.75. The molecule has 0 rings (SSSR count). The van der Waals surface area contributed by atoms with Gasteiger partial charge in [0.05, 0.1) is 0 Å². The molecular weight excluding hydrogens is 116 g/mol. The Morgan fingerprint density at radius 2 is 0.833 bits per heavy atom. The van der Waals surface area contributed by atoms with Crippen molar-refractivity contribution in [2.75, 3.05) is 0 Å². The van der Waals surface area contributed by atoms with Gasteiger partial charge in [0.2, 0.25) is 0 Å². The second kappa shape index (κ2) is 2.17. The van der Waals surface area contributed by atoms with Crippen molar-refractivity contribution in [1.29, 1.82) is 0 Å². The Morgan fingerprint density at radius 1 is 0.833 bits per heavy atom. The zero-order chi connectivity index (χ0) is 4.50. The van der Waals surface area contributed by atoms with E-state index in [9.17, 15) is 16.4 Å². The topological polar surface area (TPSA) is 0 Å². The third kappa shape index (κ3) is 8520. The molecule has 0 aliphatic rings. The number of hydrogen-bond acceptors (Lipinski definition) is 0. The summed E-state index contributed by atoms with van der Waals surface area (Å²) >= 11 is 0. The highest BCUT2D eigenvalue weighted by Gasteiger charge is 2.39. The summed E-state index contributed by atoms with van der Waals surface area (Å²) in [6, 6.07) is 0. The third-order valence-electron chi connectivity index (χ3n) is 0. The molecule has 0 atom stereocenters. The van der Waals surface area contributed by atoms with Crippen LogP contribution in [0.25, 0.3) is 0 Å². The van der Waals surface area contributed by atoms with Crippen LogP contribution >= 0.6 is 0 Å². The van der Waals surface area contributed by atoms with E-state index in [1.807, 2.05) is 0 Å². The zero-order valence-electron chi connectivity index (χ0n) is 2.01. The molecule has 0 aromatic carbocycles. The molecule has 0 aliphatic carbocycles. The van der Waals surface area contributed by atoms with E-state index < -0.39 is 9.41 Å². The summed E-state index contributed by atoms with van der Waals surface area (Å²) < 4.78 is 39.3. The predicted molar refractivity (Wildman–Crippen MR) is 16.9 cm³/mol. The van der Waals surface area contributed by atoms with E-state index in [-0.39, 0.29) is 7.43 Å². The summed E-state index contributed by atoms with van der Waals surface area (Å²) in [4.78, 5) is 0. The van der Waals surface area contributed by atoms with Gasteiger partial charge < -0.3 is 0 Å². The molecule has 0 saturated carbocycles. The molecule has 0 bridgehead atoms. The molecule has 5 heteroatoms. The molecule has 0 amide bonds. The van der Waals surface area contributed by atoms with Gasteiger partial charge in [-0.1, -0.05) is 7.43 Å². The van der Waals surface area contributed by atoms with Gasteiger partial charge >= 0.3 is 9.41 Å². The molecule has 0 aliphatic heterocycles. The molecule has 0 nitrogen and oxygen atoms in total. The Morgan fingerprint density at radius 3 is 0.833 bits per heavy atom. The van der Waals surface area contributed by atoms with Crippen molar-refractivity contribution in [3.63, 3.8) is 0 Å². The van der Waals surface area contributed by atoms with Gasteiger partial charge in [0.25, 0.3) is 0 Å². The van der Waals surface area contributed by atoms with Gasteiger partial charge in [0.1, 0.15) is 0 Å². The highest BCUT2D eigenvalue weighted by Crippen LogP contribution is 2.06. The van der Waals surface area contributed by atoms with Gasteiger partial charge in [0, 0.05) is 0 Å². The van der Waals surface area contributed by atoms with Gasteiger partial charge in [-0.05, 0) is 0 Å². The minimum Gasteiger partial charge on any atom is -0.211 e. The molecule has 0 unspecified atom stereocenters. The van der Waals surface area contributed by atoms with E-state index in [4.69, 9.17) is 0 Å². The van der Waals surface area contributed by atoms with Crippen molar-refractivity contribution in [2.45, 2.75) is 7.43 Å². The van der Waals surface area contributed by atoms with Gasteiger partial charge in [-0.3, -0.25) is 0 Å². The first kappa shape index (κ1) is 9.34. The summed E-state index contributed by atoms with van der Waals surface area (Å²) in [5, 5.41) is 0. The minimum atomic E-state index is -6.61. The molecule has 0 fully saturated rings. The quantitative estimate of drug-likeness (QED) is 0.260. The van der Waals surface area contributed by atoms with Crippen LogP contribution in [0.2, 0.25) is 0 Å². The predicted octanol–water partition coefficient (Wildman–Crippen LogP) is 1.94. The van der Waals surface area contributed by atoms with Crippen LogP contribution in [0.1, 0.15) is 7.43 Å². The maximum Gasteiger partial charge on any atom is 0.844 e. The number of rotatable bonds is 0. The Labute approximate surface area is 34.5 Å². The average Bonchev–Trinajstić information content (AvgIpc) is 0.722. The van der Waals surface area contributed by atoms with Crippen LogP contribution < -0.4 is 0 Å². The Balaban J connectivity index is 0. The first-order valence-electron chi connectivity index (χ1n) is 0.756. The smallest absolute Gasteiger partial charge is 0.211 e. The second-order valence-corrected chi connectivity index (χ2v) is 1.29. The second-order valence-electron chi connectivity index (χ2n) is 0.429. The SMILES string of the molecule is C.F[Si](F)(F)F. The van der Waals surface area contributed by atoms with Crippen LogP contribution in [-0.4, -0.2) is 9.41 Å². The normalized spacial score (nSPS) is 10.0. The highest BCUT2D eigenvalue weighted by atomic mass is 28.5. The Kier molecular flexibility index (Phi) is 3.38. The lowest BCUT2D eigenvalue weighted by atomic mass is 12.0. The van der Waals surface area contributed by atoms with Gasteiger partial charge in [-0.15, -0.1) is 0 Å². The molecule has 0 radical (unpaired) electrons. The van der Waals surface area contributed by atoms with Crippen molar-refractivity contribution in [3.8, 4) is 0 Å². The highest BCUT2D eigenvalue weighted by molar-refractivity contribution is 6.50. The van der Waals surface area contributed by atoms with Gasteiger partial charge in [0.15, 0.2) is 0 Å². The van der Waals surface area contributed by atoms with E-state index in [2.05, 4.69) is 0 Å². The fourth-order valence-corrected chi connectivity index (χ4v) is 0. The maximum absolute atomic E-state index is 9.83. The van der Waals surface area contributed by atoms with Crippen molar-refractivity contribution >= 4 is 9.41 Å². The summed E-state index contributed by atoms with van der Waals surface area (Å²) in [6.07, 6.45) is 0. The van der Waals surface area contributed by atoms with E-state index >= 15 is 0 Å². The van der Waals surface area contributed by atoms with Crippen molar-refractivity contribution in [3.05, 3.63) is 0 Å². The molecule has 0 N–H and O–H groups in total. The van der Waals surface area contributed by atoms with E-state index in [0.29, 0.717) is 0 Å². The maximum atomic E-state index is 9.83. The molecule has 0 aromatic rings. The molecule has 0 heterocycles. The average molecular weight is 120 g/mol. The van der Waals surface area contributed by atoms with Crippen LogP contribution in [0, 0.1) is 0 Å². The van der Waals surface area contributed by atoms with E-state index in [0.717, 1.165) is 0 Å². The molecule has 0 aromatic heterocycles. The van der Waals surface area contributed by atoms with Gasteiger partial charge in [-0.25, -0.2) is 16.4 Å². The minimum absolute atomic E-state index is 0. The summed E-state index contributed by atoms with van der Waals surface area (Å²) in [7, 11) is -6.61. The summed E-state index contributed by atoms with van der Waals surface area (Å²) in [6.45, 7) is 0. The standard InChI is InChI=1S/CH4.F4Si/c;1-5(2,3)4/h1H4;. The number of hydrogen-bond donors (Lipinski definition) is 0. The van der Waals surface area contributed by atoms with Crippen LogP contribution in [0.5, 0.6) is 0 Å². The van der Waals surface area contributed by atoms with Crippen molar-refractivity contribution in [2.24, 2.45) is 0 Å². The summed E-state index contributed by atoms with van der Waals surface area (Å²) in [5.41, 5.74) is 0. The van der Waals surface area contributed by atoms with Crippen LogP contribution in [0.4, 0.5) is 16.4 Å². The fourth-order valence-electron chi connectivity index (χ4n) is 0. The van der Waals surface area contributed by atoms with Crippen molar-refractivity contribution in [1.82, 2.24) is 0 Å². The van der Waals surface area contributed by atoms with Crippen LogP contribution in [-0.2, 0) is 0 Å². The monoisotopic (exact) mass is 120 g/mol. The Hall–Kier alpha value is -0.0631. The molecular formula is CH4F4Si. The van der Waals surface area contributed by atoms with Crippen LogP contribution in [0.15, 0.2) is 0 Å². The number of halogens is 4. The van der Waals surface area contributed by atoms with E-state index in [1.165, 1.54) is 0 Å².